The molecular formula is C38H53N7. The minimum atomic E-state index is 0.485. The summed E-state index contributed by atoms with van der Waals surface area (Å²) in [4.78, 5) is 28.1. The van der Waals surface area contributed by atoms with E-state index in [1.54, 1.807) is 37.3 Å². The molecule has 5 aromatic heterocycles. The van der Waals surface area contributed by atoms with Crippen molar-refractivity contribution in [2.45, 2.75) is 98.8 Å². The summed E-state index contributed by atoms with van der Waals surface area (Å²) in [6, 6.07) is 16.1. The molecule has 5 heterocycles. The Bertz CT molecular complexity index is 1090. The molecular weight excluding hydrogens is 554 g/mol. The van der Waals surface area contributed by atoms with E-state index in [4.69, 9.17) is 0 Å². The van der Waals surface area contributed by atoms with Gasteiger partial charge in [-0.1, -0.05) is 81.4 Å². The fraction of sp³-hybridized carbons (Fsp3) is 0.395. The van der Waals surface area contributed by atoms with Crippen LogP contribution in [0, 0.1) is 0 Å². The first-order chi connectivity index (χ1) is 21.5. The monoisotopic (exact) mass is 607 g/mol. The molecule has 0 aromatic carbocycles. The number of nitrogens with zero attached hydrogens (tertiary/aromatic N) is 7. The smallest absolute Gasteiger partial charge is 0.115 e. The van der Waals surface area contributed by atoms with Gasteiger partial charge in [-0.25, -0.2) is 9.97 Å². The second kappa shape index (κ2) is 23.1. The topological polar surface area (TPSA) is 90.2 Å². The van der Waals surface area contributed by atoms with Gasteiger partial charge in [0.05, 0.1) is 5.69 Å². The van der Waals surface area contributed by atoms with E-state index in [0.717, 1.165) is 17.1 Å². The summed E-state index contributed by atoms with van der Waals surface area (Å²) in [5.74, 6) is 2.75. The first-order valence-electron chi connectivity index (χ1n) is 15.7. The Balaban J connectivity index is 0.000000281. The first-order valence-corrected chi connectivity index (χ1v) is 15.7. The molecule has 5 rings (SSSR count). The average molecular weight is 608 g/mol. The normalized spacial score (nSPS) is 10.1. The van der Waals surface area contributed by atoms with Gasteiger partial charge in [-0.2, -0.15) is 0 Å². The highest BCUT2D eigenvalue weighted by atomic mass is 14.8. The lowest BCUT2D eigenvalue weighted by molar-refractivity contribution is 0.812. The molecule has 240 valence electrons. The second-order valence-electron chi connectivity index (χ2n) is 11.9. The maximum Gasteiger partial charge on any atom is 0.115 e. The van der Waals surface area contributed by atoms with Crippen LogP contribution in [0.2, 0.25) is 0 Å². The Morgan fingerprint density at radius 3 is 1.27 bits per heavy atom. The van der Waals surface area contributed by atoms with Crippen molar-refractivity contribution in [1.82, 2.24) is 34.9 Å². The van der Waals surface area contributed by atoms with E-state index in [1.165, 1.54) is 11.1 Å². The molecule has 0 saturated heterocycles. The van der Waals surface area contributed by atoms with Crippen molar-refractivity contribution in [3.05, 3.63) is 139 Å². The lowest BCUT2D eigenvalue weighted by atomic mass is 10.1. The molecule has 0 unspecified atom stereocenters. The Labute approximate surface area is 272 Å². The zero-order chi connectivity index (χ0) is 33.5. The Morgan fingerprint density at radius 2 is 0.933 bits per heavy atom. The number of pyridine rings is 3. The highest BCUT2D eigenvalue weighted by Gasteiger charge is 1.98. The summed E-state index contributed by atoms with van der Waals surface area (Å²) in [5, 5.41) is 0. The second-order valence-corrected chi connectivity index (χ2v) is 11.9. The van der Waals surface area contributed by atoms with Crippen LogP contribution in [0.25, 0.3) is 0 Å². The highest BCUT2D eigenvalue weighted by Crippen LogP contribution is 2.12. The molecule has 0 atom stereocenters. The van der Waals surface area contributed by atoms with Crippen LogP contribution in [0.1, 0.15) is 127 Å². The maximum absolute atomic E-state index is 4.18. The molecule has 0 N–H and O–H groups in total. The summed E-state index contributed by atoms with van der Waals surface area (Å²) >= 11 is 0. The number of aromatic nitrogens is 7. The van der Waals surface area contributed by atoms with Crippen LogP contribution in [-0.2, 0) is 0 Å². The third-order valence-corrected chi connectivity index (χ3v) is 6.37. The lowest BCUT2D eigenvalue weighted by Gasteiger charge is -2.01. The van der Waals surface area contributed by atoms with Gasteiger partial charge in [0, 0.05) is 67.2 Å². The van der Waals surface area contributed by atoms with Crippen LogP contribution in [0.15, 0.2) is 111 Å². The molecule has 0 amide bonds. The SMILES string of the molecule is CC(C)c1ccccn1.CC(C)c1cccnc1.CC(C)c1ccncc1.CC(C)c1ccncn1.CC(C)c1cnccn1. The molecule has 45 heavy (non-hydrogen) atoms. The van der Waals surface area contributed by atoms with Crippen molar-refractivity contribution >= 4 is 0 Å². The lowest BCUT2D eigenvalue weighted by Crippen LogP contribution is -1.91. The fourth-order valence-corrected chi connectivity index (χ4v) is 3.43. The molecule has 0 fully saturated rings. The van der Waals surface area contributed by atoms with Crippen LogP contribution in [-0.4, -0.2) is 34.9 Å². The molecule has 0 saturated carbocycles. The quantitative estimate of drug-likeness (QED) is 0.196. The van der Waals surface area contributed by atoms with E-state index >= 15 is 0 Å². The number of hydrogen-bond acceptors (Lipinski definition) is 7. The number of hydrogen-bond donors (Lipinski definition) is 0. The third kappa shape index (κ3) is 18.1. The summed E-state index contributed by atoms with van der Waals surface area (Å²) < 4.78 is 0. The largest absolute Gasteiger partial charge is 0.265 e. The van der Waals surface area contributed by atoms with Gasteiger partial charge in [0.15, 0.2) is 0 Å². The summed E-state index contributed by atoms with van der Waals surface area (Å²) in [6.45, 7) is 21.4. The van der Waals surface area contributed by atoms with Crippen LogP contribution in [0.4, 0.5) is 0 Å². The minimum absolute atomic E-state index is 0.485. The highest BCUT2D eigenvalue weighted by molar-refractivity contribution is 5.13. The van der Waals surface area contributed by atoms with Crippen molar-refractivity contribution in [3.8, 4) is 0 Å². The first kappa shape index (κ1) is 38.6. The van der Waals surface area contributed by atoms with Crippen molar-refractivity contribution in [2.75, 3.05) is 0 Å². The molecule has 0 aliphatic rings. The molecule has 0 bridgehead atoms. The molecule has 0 spiro atoms. The van der Waals surface area contributed by atoms with Gasteiger partial charge in [-0.15, -0.1) is 0 Å². The van der Waals surface area contributed by atoms with Crippen LogP contribution >= 0.6 is 0 Å². The Kier molecular flexibility index (Phi) is 19.8. The van der Waals surface area contributed by atoms with Crippen molar-refractivity contribution in [1.29, 1.82) is 0 Å². The van der Waals surface area contributed by atoms with E-state index in [2.05, 4.69) is 110 Å². The zero-order valence-corrected chi connectivity index (χ0v) is 28.9. The van der Waals surface area contributed by atoms with Gasteiger partial charge in [0.1, 0.15) is 6.33 Å². The van der Waals surface area contributed by atoms with Crippen molar-refractivity contribution in [3.63, 3.8) is 0 Å². The Morgan fingerprint density at radius 1 is 0.356 bits per heavy atom. The van der Waals surface area contributed by atoms with Gasteiger partial charge in [-0.05, 0) is 77.1 Å². The van der Waals surface area contributed by atoms with Crippen LogP contribution in [0.5, 0.6) is 0 Å². The van der Waals surface area contributed by atoms with E-state index < -0.39 is 0 Å². The standard InChI is InChI=1S/3C8H11N.2C7H10N2/c1-7(2)8-3-5-9-6-4-8;1-7(2)8-4-3-5-9-6-8;1-7(2)8-5-3-4-6-9-8;1-6(2)7-5-8-3-4-9-7;1-6(2)7-3-4-8-5-9-7/h3*3-7H,1-2H3;2*3-6H,1-2H3. The minimum Gasteiger partial charge on any atom is -0.265 e. The molecule has 5 aromatic rings. The maximum atomic E-state index is 4.18. The molecule has 0 radical (unpaired) electrons. The zero-order valence-electron chi connectivity index (χ0n) is 28.9. The third-order valence-electron chi connectivity index (χ3n) is 6.37. The fourth-order valence-electron chi connectivity index (χ4n) is 3.43. The van der Waals surface area contributed by atoms with Crippen molar-refractivity contribution in [2.24, 2.45) is 0 Å². The van der Waals surface area contributed by atoms with Gasteiger partial charge in [-0.3, -0.25) is 24.9 Å². The van der Waals surface area contributed by atoms with E-state index in [-0.39, 0.29) is 0 Å². The van der Waals surface area contributed by atoms with Crippen LogP contribution < -0.4 is 0 Å². The van der Waals surface area contributed by atoms with E-state index in [0.29, 0.717) is 29.6 Å². The molecule has 7 heteroatoms. The van der Waals surface area contributed by atoms with E-state index in [1.807, 2.05) is 67.3 Å². The molecule has 7 nitrogen and oxygen atoms in total. The van der Waals surface area contributed by atoms with E-state index in [9.17, 15) is 0 Å². The number of rotatable bonds is 5. The van der Waals surface area contributed by atoms with Gasteiger partial charge in [0.2, 0.25) is 0 Å². The van der Waals surface area contributed by atoms with Crippen molar-refractivity contribution < 1.29 is 0 Å². The molecule has 0 aliphatic carbocycles. The summed E-state index contributed by atoms with van der Waals surface area (Å²) in [7, 11) is 0. The molecule has 0 aliphatic heterocycles. The average Bonchev–Trinajstić information content (AvgIpc) is 3.08. The van der Waals surface area contributed by atoms with Gasteiger partial charge >= 0.3 is 0 Å². The predicted molar refractivity (Wildman–Crippen MR) is 187 cm³/mol. The predicted octanol–water partition coefficient (Wildman–Crippen LogP) is 9.81. The van der Waals surface area contributed by atoms with Gasteiger partial charge < -0.3 is 0 Å². The summed E-state index contributed by atoms with van der Waals surface area (Å²) in [5.41, 5.74) is 5.97. The van der Waals surface area contributed by atoms with Crippen LogP contribution in [0.3, 0.4) is 0 Å². The summed E-state index contributed by atoms with van der Waals surface area (Å²) in [6.07, 6.45) is 17.7. The Hall–Kier alpha value is -4.39. The van der Waals surface area contributed by atoms with Gasteiger partial charge in [0.25, 0.3) is 0 Å².